The molecule has 0 aliphatic heterocycles. The molecule has 74 valence electrons. The molecule has 0 heterocycles. The predicted octanol–water partition coefficient (Wildman–Crippen LogP) is 1.70. The van der Waals surface area contributed by atoms with E-state index in [0.717, 1.165) is 5.56 Å². The summed E-state index contributed by atoms with van der Waals surface area (Å²) in [6.45, 7) is 3.38. The molecule has 0 aromatic heterocycles. The molecule has 0 atom stereocenters. The largest absolute Gasteiger partial charge is 0.504 e. The van der Waals surface area contributed by atoms with E-state index >= 15 is 0 Å². The molecule has 0 radical (unpaired) electrons. The number of benzene rings is 1. The first-order valence-electron chi connectivity index (χ1n) is 4.18. The van der Waals surface area contributed by atoms with Crippen molar-refractivity contribution in [2.45, 2.75) is 6.42 Å². The first kappa shape index (κ1) is 10.3. The highest BCUT2D eigenvalue weighted by Gasteiger charge is 2.04. The third kappa shape index (κ3) is 2.36. The van der Waals surface area contributed by atoms with Crippen molar-refractivity contribution in [2.75, 3.05) is 7.11 Å². The third-order valence-corrected chi connectivity index (χ3v) is 1.85. The molecular formula is C11H12O3. The zero-order valence-electron chi connectivity index (χ0n) is 7.99. The molecule has 0 spiro atoms. The Bertz CT molecular complexity index is 356. The van der Waals surface area contributed by atoms with Gasteiger partial charge < -0.3 is 9.84 Å². The molecule has 0 bridgehead atoms. The van der Waals surface area contributed by atoms with Crippen LogP contribution >= 0.6 is 0 Å². The Hall–Kier alpha value is -1.77. The molecule has 3 heteroatoms. The highest BCUT2D eigenvalue weighted by molar-refractivity contribution is 5.90. The monoisotopic (exact) mass is 192 g/mol. The van der Waals surface area contributed by atoms with Crippen LogP contribution in [0.25, 0.3) is 0 Å². The van der Waals surface area contributed by atoms with Crippen molar-refractivity contribution in [2.24, 2.45) is 0 Å². The molecular weight excluding hydrogens is 180 g/mol. The van der Waals surface area contributed by atoms with Gasteiger partial charge in [0.05, 0.1) is 7.11 Å². The van der Waals surface area contributed by atoms with Crippen LogP contribution in [0.4, 0.5) is 0 Å². The van der Waals surface area contributed by atoms with Gasteiger partial charge in [-0.3, -0.25) is 4.79 Å². The minimum Gasteiger partial charge on any atom is -0.504 e. The second-order valence-electron chi connectivity index (χ2n) is 2.85. The second kappa shape index (κ2) is 4.46. The van der Waals surface area contributed by atoms with Crippen LogP contribution in [0.2, 0.25) is 0 Å². The SMILES string of the molecule is C=CC(=O)Cc1ccc(OC)c(O)c1. The van der Waals surface area contributed by atoms with E-state index < -0.39 is 0 Å². The predicted molar refractivity (Wildman–Crippen MR) is 53.6 cm³/mol. The average Bonchev–Trinajstić information content (AvgIpc) is 2.18. The smallest absolute Gasteiger partial charge is 0.160 e. The number of ketones is 1. The van der Waals surface area contributed by atoms with Crippen LogP contribution in [0.15, 0.2) is 30.9 Å². The second-order valence-corrected chi connectivity index (χ2v) is 2.85. The van der Waals surface area contributed by atoms with Crippen LogP contribution in [0.3, 0.4) is 0 Å². The van der Waals surface area contributed by atoms with Crippen molar-refractivity contribution in [3.63, 3.8) is 0 Å². The number of ether oxygens (including phenoxy) is 1. The Labute approximate surface area is 82.6 Å². The molecule has 0 fully saturated rings. The molecule has 3 nitrogen and oxygen atoms in total. The van der Waals surface area contributed by atoms with E-state index in [1.54, 1.807) is 12.1 Å². The number of aromatic hydroxyl groups is 1. The summed E-state index contributed by atoms with van der Waals surface area (Å²) in [6, 6.07) is 4.88. The van der Waals surface area contributed by atoms with Crippen LogP contribution in [-0.2, 0) is 11.2 Å². The van der Waals surface area contributed by atoms with Crippen molar-refractivity contribution in [1.29, 1.82) is 0 Å². The minimum absolute atomic E-state index is 0.0434. The van der Waals surface area contributed by atoms with Crippen LogP contribution in [0.5, 0.6) is 11.5 Å². The zero-order chi connectivity index (χ0) is 10.6. The molecule has 0 aliphatic rings. The van der Waals surface area contributed by atoms with Gasteiger partial charge in [-0.25, -0.2) is 0 Å². The molecule has 0 saturated heterocycles. The molecule has 0 unspecified atom stereocenters. The normalized spacial score (nSPS) is 9.50. The maximum Gasteiger partial charge on any atom is 0.160 e. The van der Waals surface area contributed by atoms with Crippen LogP contribution < -0.4 is 4.74 Å². The van der Waals surface area contributed by atoms with E-state index in [0.29, 0.717) is 5.75 Å². The quantitative estimate of drug-likeness (QED) is 0.738. The summed E-state index contributed by atoms with van der Waals surface area (Å²) in [4.78, 5) is 11.0. The van der Waals surface area contributed by atoms with Gasteiger partial charge in [0.1, 0.15) is 0 Å². The summed E-state index contributed by atoms with van der Waals surface area (Å²) in [7, 11) is 1.48. The van der Waals surface area contributed by atoms with Gasteiger partial charge in [0.15, 0.2) is 17.3 Å². The number of rotatable bonds is 4. The summed E-state index contributed by atoms with van der Waals surface area (Å²) >= 11 is 0. The lowest BCUT2D eigenvalue weighted by Gasteiger charge is -2.04. The van der Waals surface area contributed by atoms with Gasteiger partial charge in [0, 0.05) is 6.42 Å². The van der Waals surface area contributed by atoms with E-state index in [1.165, 1.54) is 19.3 Å². The molecule has 0 aliphatic carbocycles. The lowest BCUT2D eigenvalue weighted by Crippen LogP contribution is -1.97. The van der Waals surface area contributed by atoms with Crippen molar-refractivity contribution in [3.8, 4) is 11.5 Å². The summed E-state index contributed by atoms with van der Waals surface area (Å²) in [6.07, 6.45) is 1.52. The standard InChI is InChI=1S/C11H12O3/c1-3-9(12)6-8-4-5-11(14-2)10(13)7-8/h3-5,7,13H,1,6H2,2H3. The van der Waals surface area contributed by atoms with Crippen LogP contribution in [0, 0.1) is 0 Å². The molecule has 0 saturated carbocycles. The fourth-order valence-corrected chi connectivity index (χ4v) is 1.12. The molecule has 1 N–H and O–H groups in total. The summed E-state index contributed by atoms with van der Waals surface area (Å²) < 4.78 is 4.88. The number of phenolic OH excluding ortho intramolecular Hbond substituents is 1. The van der Waals surface area contributed by atoms with Gasteiger partial charge in [-0.15, -0.1) is 0 Å². The van der Waals surface area contributed by atoms with Crippen molar-refractivity contribution in [1.82, 2.24) is 0 Å². The van der Waals surface area contributed by atoms with E-state index in [9.17, 15) is 9.90 Å². The minimum atomic E-state index is -0.0745. The van der Waals surface area contributed by atoms with Gasteiger partial charge >= 0.3 is 0 Å². The number of carbonyl (C=O) groups is 1. The van der Waals surface area contributed by atoms with Gasteiger partial charge in [-0.2, -0.15) is 0 Å². The number of methoxy groups -OCH3 is 1. The van der Waals surface area contributed by atoms with Gasteiger partial charge in [0.2, 0.25) is 0 Å². The van der Waals surface area contributed by atoms with Gasteiger partial charge in [0.25, 0.3) is 0 Å². The Balaban J connectivity index is 2.86. The Morgan fingerprint density at radius 1 is 1.64 bits per heavy atom. The Kier molecular flexibility index (Phi) is 3.29. The molecule has 0 amide bonds. The van der Waals surface area contributed by atoms with E-state index in [-0.39, 0.29) is 18.0 Å². The van der Waals surface area contributed by atoms with Crippen molar-refractivity contribution in [3.05, 3.63) is 36.4 Å². The third-order valence-electron chi connectivity index (χ3n) is 1.85. The molecule has 14 heavy (non-hydrogen) atoms. The highest BCUT2D eigenvalue weighted by atomic mass is 16.5. The maximum absolute atomic E-state index is 11.0. The fourth-order valence-electron chi connectivity index (χ4n) is 1.12. The van der Waals surface area contributed by atoms with E-state index in [2.05, 4.69) is 6.58 Å². The highest BCUT2D eigenvalue weighted by Crippen LogP contribution is 2.26. The van der Waals surface area contributed by atoms with E-state index in [4.69, 9.17) is 4.74 Å². The number of phenols is 1. The van der Waals surface area contributed by atoms with Crippen molar-refractivity contribution >= 4 is 5.78 Å². The number of carbonyl (C=O) groups excluding carboxylic acids is 1. The van der Waals surface area contributed by atoms with Crippen molar-refractivity contribution < 1.29 is 14.6 Å². The summed E-state index contributed by atoms with van der Waals surface area (Å²) in [5.41, 5.74) is 0.744. The van der Waals surface area contributed by atoms with Crippen LogP contribution in [0.1, 0.15) is 5.56 Å². The molecule has 1 rings (SSSR count). The van der Waals surface area contributed by atoms with Gasteiger partial charge in [-0.1, -0.05) is 12.6 Å². The number of allylic oxidation sites excluding steroid dienone is 1. The lowest BCUT2D eigenvalue weighted by atomic mass is 10.1. The van der Waals surface area contributed by atoms with E-state index in [1.807, 2.05) is 0 Å². The first-order valence-corrected chi connectivity index (χ1v) is 4.18. The Morgan fingerprint density at radius 3 is 2.86 bits per heavy atom. The first-order chi connectivity index (χ1) is 6.67. The summed E-state index contributed by atoms with van der Waals surface area (Å²) in [5, 5.41) is 9.41. The van der Waals surface area contributed by atoms with Crippen LogP contribution in [-0.4, -0.2) is 18.0 Å². The number of hydrogen-bond donors (Lipinski definition) is 1. The zero-order valence-corrected chi connectivity index (χ0v) is 7.99. The lowest BCUT2D eigenvalue weighted by molar-refractivity contribution is -0.114. The van der Waals surface area contributed by atoms with Gasteiger partial charge in [-0.05, 0) is 23.8 Å². The topological polar surface area (TPSA) is 46.5 Å². The average molecular weight is 192 g/mol. The molecule has 1 aromatic rings. The summed E-state index contributed by atoms with van der Waals surface area (Å²) in [5.74, 6) is 0.372. The maximum atomic E-state index is 11.0. The fraction of sp³-hybridized carbons (Fsp3) is 0.182. The Morgan fingerprint density at radius 2 is 2.36 bits per heavy atom. The molecule has 1 aromatic carbocycles. The number of hydrogen-bond acceptors (Lipinski definition) is 3.